The van der Waals surface area contributed by atoms with Crippen molar-refractivity contribution in [2.24, 2.45) is 0 Å². The molecule has 80 valence electrons. The van der Waals surface area contributed by atoms with Crippen molar-refractivity contribution in [2.75, 3.05) is 13.2 Å². The topological polar surface area (TPSA) is 96.2 Å². The van der Waals surface area contributed by atoms with Crippen molar-refractivity contribution in [1.82, 2.24) is 0 Å². The summed E-state index contributed by atoms with van der Waals surface area (Å²) in [6.07, 6.45) is -4.38. The molecule has 1 saturated heterocycles. The van der Waals surface area contributed by atoms with Crippen molar-refractivity contribution in [2.45, 2.75) is 24.4 Å². The molecule has 1 rings (SSSR count). The first kappa shape index (κ1) is 11.4. The van der Waals surface area contributed by atoms with Crippen LogP contribution in [0.4, 0.5) is 4.79 Å². The van der Waals surface area contributed by atoms with E-state index in [0.717, 1.165) is 0 Å². The zero-order valence-corrected chi connectivity index (χ0v) is 7.79. The van der Waals surface area contributed by atoms with Gasteiger partial charge in [0.2, 0.25) is 13.7 Å². The first-order chi connectivity index (χ1) is 6.52. The highest BCUT2D eigenvalue weighted by molar-refractivity contribution is 6.55. The van der Waals surface area contributed by atoms with E-state index in [0.29, 0.717) is 0 Å². The van der Waals surface area contributed by atoms with Gasteiger partial charge in [0.25, 0.3) is 0 Å². The molecule has 7 heteroatoms. The molecule has 0 bridgehead atoms. The van der Waals surface area contributed by atoms with Crippen molar-refractivity contribution in [3.8, 4) is 0 Å². The van der Waals surface area contributed by atoms with E-state index in [2.05, 4.69) is 4.74 Å². The standard InChI is InChI=1S/C7H13BO6/c8-7(12)14-2-4-6(11)5(10)3(9)1-13-4/h3-6,9-11H,1-2,8H2/t3-,4+,5?,6-/m0/s1. The molecule has 1 aliphatic rings. The zero-order chi connectivity index (χ0) is 10.7. The van der Waals surface area contributed by atoms with Gasteiger partial charge in [-0.15, -0.1) is 0 Å². The quantitative estimate of drug-likeness (QED) is 0.421. The van der Waals surface area contributed by atoms with Crippen LogP contribution < -0.4 is 0 Å². The van der Waals surface area contributed by atoms with Gasteiger partial charge in [0, 0.05) is 0 Å². The Balaban J connectivity index is 2.42. The Kier molecular flexibility index (Phi) is 3.88. The molecule has 0 aromatic carbocycles. The smallest absolute Gasteiger partial charge is 0.243 e. The fourth-order valence-corrected chi connectivity index (χ4v) is 1.21. The first-order valence-corrected chi connectivity index (χ1v) is 4.31. The highest BCUT2D eigenvalue weighted by Crippen LogP contribution is 2.15. The fraction of sp³-hybridized carbons (Fsp3) is 0.857. The lowest BCUT2D eigenvalue weighted by atomic mass is 10.0. The number of carbonyl (C=O) groups excluding carboxylic acids is 1. The molecule has 1 heterocycles. The van der Waals surface area contributed by atoms with E-state index in [4.69, 9.17) is 9.84 Å². The Labute approximate surface area is 81.8 Å². The van der Waals surface area contributed by atoms with E-state index in [1.165, 1.54) is 7.85 Å². The SMILES string of the molecule is BC(=O)OC[C@H]1OC[C@H](O)C(O)[C@H]1O. The maximum atomic E-state index is 10.5. The number of hydrogen-bond acceptors (Lipinski definition) is 6. The van der Waals surface area contributed by atoms with Crippen LogP contribution in [0.3, 0.4) is 0 Å². The molecule has 14 heavy (non-hydrogen) atoms. The normalized spacial score (nSPS) is 37.9. The van der Waals surface area contributed by atoms with E-state index < -0.39 is 30.3 Å². The Morgan fingerprint density at radius 1 is 1.43 bits per heavy atom. The minimum atomic E-state index is -1.26. The maximum absolute atomic E-state index is 10.5. The predicted molar refractivity (Wildman–Crippen MR) is 47.7 cm³/mol. The van der Waals surface area contributed by atoms with E-state index in [1.54, 1.807) is 0 Å². The van der Waals surface area contributed by atoms with Crippen molar-refractivity contribution in [3.63, 3.8) is 0 Å². The zero-order valence-electron chi connectivity index (χ0n) is 7.79. The monoisotopic (exact) mass is 204 g/mol. The van der Waals surface area contributed by atoms with Gasteiger partial charge in [-0.3, -0.25) is 4.79 Å². The maximum Gasteiger partial charge on any atom is 0.243 e. The molecule has 0 aliphatic carbocycles. The average molecular weight is 204 g/mol. The molecule has 3 N–H and O–H groups in total. The van der Waals surface area contributed by atoms with Gasteiger partial charge < -0.3 is 24.8 Å². The molecule has 0 aromatic rings. The van der Waals surface area contributed by atoms with Gasteiger partial charge in [-0.1, -0.05) is 0 Å². The summed E-state index contributed by atoms with van der Waals surface area (Å²) in [5, 5.41) is 27.8. The van der Waals surface area contributed by atoms with Crippen LogP contribution in [0.5, 0.6) is 0 Å². The summed E-state index contributed by atoms with van der Waals surface area (Å²) in [6.45, 7) is -0.204. The molecular weight excluding hydrogens is 191 g/mol. The second-order valence-electron chi connectivity index (χ2n) is 3.22. The summed E-state index contributed by atoms with van der Waals surface area (Å²) < 4.78 is 9.60. The number of aliphatic hydroxyl groups is 3. The average Bonchev–Trinajstić information content (AvgIpc) is 2.13. The largest absolute Gasteiger partial charge is 0.471 e. The molecule has 4 atom stereocenters. The predicted octanol–water partition coefficient (Wildman–Crippen LogP) is -2.76. The number of rotatable bonds is 2. The second kappa shape index (κ2) is 4.74. The number of carbonyl (C=O) groups is 1. The lowest BCUT2D eigenvalue weighted by Gasteiger charge is -2.34. The van der Waals surface area contributed by atoms with Crippen LogP contribution in [-0.2, 0) is 9.47 Å². The third-order valence-corrected chi connectivity index (χ3v) is 2.06. The molecule has 0 radical (unpaired) electrons. The van der Waals surface area contributed by atoms with Gasteiger partial charge in [0.15, 0.2) is 0 Å². The van der Waals surface area contributed by atoms with Crippen LogP contribution in [0, 0.1) is 0 Å². The van der Waals surface area contributed by atoms with Gasteiger partial charge >= 0.3 is 0 Å². The molecule has 1 unspecified atom stereocenters. The molecule has 0 spiro atoms. The first-order valence-electron chi connectivity index (χ1n) is 4.31. The minimum absolute atomic E-state index is 0.0792. The molecule has 6 nitrogen and oxygen atoms in total. The molecule has 0 saturated carbocycles. The highest BCUT2D eigenvalue weighted by atomic mass is 16.6. The van der Waals surface area contributed by atoms with E-state index in [1.807, 2.05) is 0 Å². The van der Waals surface area contributed by atoms with Crippen LogP contribution >= 0.6 is 0 Å². The molecule has 0 aromatic heterocycles. The summed E-state index contributed by atoms with van der Waals surface area (Å²) in [7, 11) is 1.24. The van der Waals surface area contributed by atoms with Crippen LogP contribution in [0.2, 0.25) is 0 Å². The number of ether oxygens (including phenoxy) is 2. The Hall–Kier alpha value is -0.625. The molecule has 0 amide bonds. The fourth-order valence-electron chi connectivity index (χ4n) is 1.21. The van der Waals surface area contributed by atoms with E-state index >= 15 is 0 Å². The van der Waals surface area contributed by atoms with Gasteiger partial charge in [0.1, 0.15) is 31.0 Å². The molecular formula is C7H13BO6. The summed E-state index contributed by atoms with van der Waals surface area (Å²) in [6, 6.07) is 0. The van der Waals surface area contributed by atoms with Crippen LogP contribution in [0.25, 0.3) is 0 Å². The summed E-state index contributed by atoms with van der Waals surface area (Å²) in [5.74, 6) is -0.485. The van der Waals surface area contributed by atoms with Crippen LogP contribution in [0.15, 0.2) is 0 Å². The third-order valence-electron chi connectivity index (χ3n) is 2.06. The lowest BCUT2D eigenvalue weighted by molar-refractivity contribution is -0.194. The van der Waals surface area contributed by atoms with E-state index in [9.17, 15) is 15.0 Å². The summed E-state index contributed by atoms with van der Waals surface area (Å²) >= 11 is 0. The van der Waals surface area contributed by atoms with Gasteiger partial charge in [0.05, 0.1) is 6.61 Å². The Bertz CT molecular complexity index is 210. The molecule has 1 aliphatic heterocycles. The van der Waals surface area contributed by atoms with Gasteiger partial charge in [-0.25, -0.2) is 0 Å². The number of hydrogen-bond donors (Lipinski definition) is 3. The molecule has 1 fully saturated rings. The minimum Gasteiger partial charge on any atom is -0.471 e. The third kappa shape index (κ3) is 2.68. The van der Waals surface area contributed by atoms with Crippen molar-refractivity contribution < 1.29 is 29.6 Å². The van der Waals surface area contributed by atoms with Crippen molar-refractivity contribution >= 4 is 13.7 Å². The second-order valence-corrected chi connectivity index (χ2v) is 3.22. The van der Waals surface area contributed by atoms with E-state index in [-0.39, 0.29) is 13.2 Å². The van der Waals surface area contributed by atoms with Gasteiger partial charge in [-0.2, -0.15) is 0 Å². The summed E-state index contributed by atoms with van der Waals surface area (Å²) in [5.41, 5.74) is 0. The van der Waals surface area contributed by atoms with Gasteiger partial charge in [-0.05, 0) is 0 Å². The lowest BCUT2D eigenvalue weighted by Crippen LogP contribution is -2.54. The Morgan fingerprint density at radius 2 is 2.07 bits per heavy atom. The summed E-state index contributed by atoms with van der Waals surface area (Å²) in [4.78, 5) is 10.5. The van der Waals surface area contributed by atoms with Crippen molar-refractivity contribution in [3.05, 3.63) is 0 Å². The Morgan fingerprint density at radius 3 is 2.64 bits per heavy atom. The van der Waals surface area contributed by atoms with Crippen LogP contribution in [-0.4, -0.2) is 66.7 Å². The number of aliphatic hydroxyl groups excluding tert-OH is 3. The van der Waals surface area contributed by atoms with Crippen molar-refractivity contribution in [1.29, 1.82) is 0 Å². The highest BCUT2D eigenvalue weighted by Gasteiger charge is 2.37. The van der Waals surface area contributed by atoms with Crippen LogP contribution in [0.1, 0.15) is 0 Å².